The normalized spacial score (nSPS) is 19.2. The van der Waals surface area contributed by atoms with Crippen LogP contribution in [0.15, 0.2) is 35.3 Å². The molecule has 1 atom stereocenters. The third-order valence-corrected chi connectivity index (χ3v) is 6.16. The highest BCUT2D eigenvalue weighted by atomic mass is 127. The van der Waals surface area contributed by atoms with Gasteiger partial charge in [0.25, 0.3) is 0 Å². The average molecular weight is 537 g/mol. The second-order valence-corrected chi connectivity index (χ2v) is 8.36. The smallest absolute Gasteiger partial charge is 0.191 e. The van der Waals surface area contributed by atoms with Crippen molar-refractivity contribution in [3.8, 4) is 0 Å². The fraction of sp³-hybridized carbons (Fsp3) is 0.609. The molecule has 2 aromatic rings. The largest absolute Gasteiger partial charge is 0.369 e. The molecule has 0 aliphatic carbocycles. The third-order valence-electron chi connectivity index (χ3n) is 6.16. The molecule has 2 aliphatic rings. The Morgan fingerprint density at radius 2 is 1.97 bits per heavy atom. The maximum absolute atomic E-state index is 4.44. The van der Waals surface area contributed by atoms with Crippen molar-refractivity contribution in [2.75, 3.05) is 31.6 Å². The molecule has 1 saturated heterocycles. The SMILES string of the molecule is CN=C(NCCCc1nnc2n1CCCCC2)NC1CCCN(c2ccccc2)C1.I. The van der Waals surface area contributed by atoms with E-state index in [9.17, 15) is 0 Å². The molecule has 0 saturated carbocycles. The van der Waals surface area contributed by atoms with Crippen molar-refractivity contribution in [1.82, 2.24) is 25.4 Å². The molecule has 0 amide bonds. The van der Waals surface area contributed by atoms with Crippen LogP contribution < -0.4 is 15.5 Å². The Bertz CT molecular complexity index is 821. The van der Waals surface area contributed by atoms with Crippen molar-refractivity contribution in [3.05, 3.63) is 42.0 Å². The van der Waals surface area contributed by atoms with E-state index in [0.717, 1.165) is 57.2 Å². The summed E-state index contributed by atoms with van der Waals surface area (Å²) in [4.78, 5) is 6.90. The van der Waals surface area contributed by atoms with Crippen molar-refractivity contribution in [2.24, 2.45) is 4.99 Å². The van der Waals surface area contributed by atoms with Crippen LogP contribution in [0.4, 0.5) is 5.69 Å². The number of guanidine groups is 1. The zero-order valence-corrected chi connectivity index (χ0v) is 20.9. The molecular formula is C23H36IN7. The predicted octanol–water partition coefficient (Wildman–Crippen LogP) is 3.39. The van der Waals surface area contributed by atoms with Gasteiger partial charge in [-0.25, -0.2) is 0 Å². The summed E-state index contributed by atoms with van der Waals surface area (Å²) in [5, 5.41) is 16.0. The molecule has 170 valence electrons. The molecule has 0 bridgehead atoms. The highest BCUT2D eigenvalue weighted by molar-refractivity contribution is 14.0. The number of anilines is 1. The maximum Gasteiger partial charge on any atom is 0.191 e. The van der Waals surface area contributed by atoms with E-state index in [1.54, 1.807) is 0 Å². The van der Waals surface area contributed by atoms with E-state index < -0.39 is 0 Å². The quantitative estimate of drug-likeness (QED) is 0.256. The van der Waals surface area contributed by atoms with Gasteiger partial charge in [-0.15, -0.1) is 34.2 Å². The van der Waals surface area contributed by atoms with E-state index in [2.05, 4.69) is 65.6 Å². The van der Waals surface area contributed by atoms with Crippen molar-refractivity contribution in [2.45, 2.75) is 64.0 Å². The first-order valence-electron chi connectivity index (χ1n) is 11.5. The summed E-state index contributed by atoms with van der Waals surface area (Å²) < 4.78 is 2.35. The predicted molar refractivity (Wildman–Crippen MR) is 137 cm³/mol. The number of hydrogen-bond donors (Lipinski definition) is 2. The second kappa shape index (κ2) is 12.3. The van der Waals surface area contributed by atoms with E-state index >= 15 is 0 Å². The highest BCUT2D eigenvalue weighted by Gasteiger charge is 2.21. The highest BCUT2D eigenvalue weighted by Crippen LogP contribution is 2.19. The second-order valence-electron chi connectivity index (χ2n) is 8.36. The van der Waals surface area contributed by atoms with Crippen molar-refractivity contribution in [3.63, 3.8) is 0 Å². The Morgan fingerprint density at radius 1 is 1.10 bits per heavy atom. The standard InChI is InChI=1S/C23H35N7.HI/c1-24-23(26-19-10-9-16-29(18-19)20-11-4-2-5-12-20)25-15-8-14-22-28-27-21-13-6-3-7-17-30(21)22;/h2,4-5,11-12,19H,3,6-10,13-18H2,1H3,(H2,24,25,26);1H. The summed E-state index contributed by atoms with van der Waals surface area (Å²) in [5.41, 5.74) is 1.30. The Kier molecular flexibility index (Phi) is 9.42. The van der Waals surface area contributed by atoms with Crippen molar-refractivity contribution >= 4 is 35.6 Å². The zero-order valence-electron chi connectivity index (χ0n) is 18.6. The molecule has 31 heavy (non-hydrogen) atoms. The van der Waals surface area contributed by atoms with E-state index in [-0.39, 0.29) is 24.0 Å². The average Bonchev–Trinajstić information content (AvgIpc) is 3.02. The van der Waals surface area contributed by atoms with Crippen LogP contribution in [0.2, 0.25) is 0 Å². The number of aromatic nitrogens is 3. The summed E-state index contributed by atoms with van der Waals surface area (Å²) in [6.45, 7) is 4.10. The first kappa shape index (κ1) is 23.8. The monoisotopic (exact) mass is 537 g/mol. The zero-order chi connectivity index (χ0) is 20.6. The van der Waals surface area contributed by atoms with Crippen LogP contribution in [0.25, 0.3) is 0 Å². The van der Waals surface area contributed by atoms with Gasteiger partial charge < -0.3 is 20.1 Å². The minimum absolute atomic E-state index is 0. The molecule has 1 aromatic heterocycles. The molecular weight excluding hydrogens is 501 g/mol. The first-order chi connectivity index (χ1) is 14.8. The summed E-state index contributed by atoms with van der Waals surface area (Å²) in [6.07, 6.45) is 9.22. The molecule has 0 radical (unpaired) electrons. The molecule has 4 rings (SSSR count). The number of piperidine rings is 1. The first-order valence-corrected chi connectivity index (χ1v) is 11.5. The maximum atomic E-state index is 4.44. The molecule has 8 heteroatoms. The summed E-state index contributed by atoms with van der Waals surface area (Å²) >= 11 is 0. The topological polar surface area (TPSA) is 70.4 Å². The van der Waals surface area contributed by atoms with Gasteiger partial charge in [0.2, 0.25) is 0 Å². The number of benzene rings is 1. The van der Waals surface area contributed by atoms with Crippen LogP contribution in [0.1, 0.15) is 50.2 Å². The number of halogens is 1. The minimum Gasteiger partial charge on any atom is -0.369 e. The molecule has 2 N–H and O–H groups in total. The van der Waals surface area contributed by atoms with Gasteiger partial charge in [-0.2, -0.15) is 0 Å². The number of hydrogen-bond acceptors (Lipinski definition) is 4. The molecule has 1 fully saturated rings. The number of rotatable bonds is 6. The van der Waals surface area contributed by atoms with Crippen LogP contribution in [-0.2, 0) is 19.4 Å². The van der Waals surface area contributed by atoms with E-state index in [0.29, 0.717) is 6.04 Å². The molecule has 2 aliphatic heterocycles. The van der Waals surface area contributed by atoms with Gasteiger partial charge >= 0.3 is 0 Å². The molecule has 7 nitrogen and oxygen atoms in total. The minimum atomic E-state index is 0. The number of nitrogens with one attached hydrogen (secondary N) is 2. The van der Waals surface area contributed by atoms with Crippen LogP contribution in [0, 0.1) is 0 Å². The molecule has 1 aromatic carbocycles. The van der Waals surface area contributed by atoms with Crippen LogP contribution in [0.5, 0.6) is 0 Å². The Labute approximate surface area is 203 Å². The van der Waals surface area contributed by atoms with Gasteiger partial charge in [0.15, 0.2) is 5.96 Å². The van der Waals surface area contributed by atoms with Crippen LogP contribution >= 0.6 is 24.0 Å². The van der Waals surface area contributed by atoms with Crippen molar-refractivity contribution < 1.29 is 0 Å². The Hall–Kier alpha value is -1.84. The molecule has 0 spiro atoms. The van der Waals surface area contributed by atoms with Crippen LogP contribution in [-0.4, -0.2) is 53.4 Å². The van der Waals surface area contributed by atoms with Crippen molar-refractivity contribution in [1.29, 1.82) is 0 Å². The van der Waals surface area contributed by atoms with E-state index in [4.69, 9.17) is 0 Å². The summed E-state index contributed by atoms with van der Waals surface area (Å²) in [6, 6.07) is 11.1. The number of nitrogens with zero attached hydrogens (tertiary/aromatic N) is 5. The molecule has 3 heterocycles. The lowest BCUT2D eigenvalue weighted by Gasteiger charge is -2.35. The van der Waals surface area contributed by atoms with Crippen LogP contribution in [0.3, 0.4) is 0 Å². The fourth-order valence-electron chi connectivity index (χ4n) is 4.54. The lowest BCUT2D eigenvalue weighted by molar-refractivity contribution is 0.467. The number of aliphatic imine (C=N–C) groups is 1. The van der Waals surface area contributed by atoms with Gasteiger partial charge in [-0.05, 0) is 44.2 Å². The molecule has 1 unspecified atom stereocenters. The van der Waals surface area contributed by atoms with Gasteiger partial charge in [-0.3, -0.25) is 4.99 Å². The number of para-hydroxylation sites is 1. The van der Waals surface area contributed by atoms with E-state index in [1.165, 1.54) is 43.6 Å². The van der Waals surface area contributed by atoms with Gasteiger partial charge in [0.1, 0.15) is 11.6 Å². The van der Waals surface area contributed by atoms with Gasteiger partial charge in [0.05, 0.1) is 0 Å². The summed E-state index contributed by atoms with van der Waals surface area (Å²) in [5.74, 6) is 3.21. The van der Waals surface area contributed by atoms with Gasteiger partial charge in [0, 0.05) is 57.8 Å². The van der Waals surface area contributed by atoms with Gasteiger partial charge in [-0.1, -0.05) is 24.6 Å². The lowest BCUT2D eigenvalue weighted by atomic mass is 10.1. The lowest BCUT2D eigenvalue weighted by Crippen LogP contribution is -2.51. The van der Waals surface area contributed by atoms with E-state index in [1.807, 2.05) is 7.05 Å². The number of aryl methyl sites for hydroxylation is 2. The third kappa shape index (κ3) is 6.57. The fourth-order valence-corrected chi connectivity index (χ4v) is 4.54. The Morgan fingerprint density at radius 3 is 2.81 bits per heavy atom. The summed E-state index contributed by atoms with van der Waals surface area (Å²) in [7, 11) is 1.85. The Balaban J connectivity index is 0.00000272. The number of fused-ring (bicyclic) bond motifs is 1.